The summed E-state index contributed by atoms with van der Waals surface area (Å²) in [6.07, 6.45) is 0.284. The highest BCUT2D eigenvalue weighted by Crippen LogP contribution is 2.28. The van der Waals surface area contributed by atoms with Crippen molar-refractivity contribution in [3.8, 4) is 5.75 Å². The predicted octanol–water partition coefficient (Wildman–Crippen LogP) is 4.05. The number of aliphatic carboxylic acids is 1. The van der Waals surface area contributed by atoms with Gasteiger partial charge >= 0.3 is 5.97 Å². The minimum absolute atomic E-state index is 0.0481. The van der Waals surface area contributed by atoms with Gasteiger partial charge in [0.1, 0.15) is 11.9 Å². The van der Waals surface area contributed by atoms with Crippen LogP contribution in [0.5, 0.6) is 5.75 Å². The van der Waals surface area contributed by atoms with Crippen LogP contribution in [-0.4, -0.2) is 44.5 Å². The summed E-state index contributed by atoms with van der Waals surface area (Å²) in [4.78, 5) is 13.1. The van der Waals surface area contributed by atoms with E-state index in [-0.39, 0.29) is 22.4 Å². The quantitative estimate of drug-likeness (QED) is 0.513. The van der Waals surface area contributed by atoms with Crippen molar-refractivity contribution in [2.24, 2.45) is 0 Å². The summed E-state index contributed by atoms with van der Waals surface area (Å²) >= 11 is 0. The molecule has 3 aromatic carbocycles. The summed E-state index contributed by atoms with van der Waals surface area (Å²) in [5.41, 5.74) is 0.965. The van der Waals surface area contributed by atoms with E-state index < -0.39 is 15.8 Å². The van der Waals surface area contributed by atoms with Crippen LogP contribution >= 0.6 is 0 Å². The van der Waals surface area contributed by atoms with Crippen LogP contribution in [0.2, 0.25) is 0 Å². The number of nitrogens with zero attached hydrogens (tertiary/aromatic N) is 1. The number of benzene rings is 3. The van der Waals surface area contributed by atoms with E-state index in [0.717, 1.165) is 5.56 Å². The third-order valence-electron chi connectivity index (χ3n) is 4.82. The normalized spacial score (nSPS) is 12.5. The van der Waals surface area contributed by atoms with Gasteiger partial charge in [-0.15, -0.1) is 0 Å². The van der Waals surface area contributed by atoms with Crippen molar-refractivity contribution in [2.75, 3.05) is 20.1 Å². The molecule has 0 radical (unpaired) electrons. The first kappa shape index (κ1) is 22.5. The summed E-state index contributed by atoms with van der Waals surface area (Å²) in [6, 6.07) is 24.3. The van der Waals surface area contributed by atoms with Crippen molar-refractivity contribution in [1.29, 1.82) is 0 Å². The van der Waals surface area contributed by atoms with Crippen molar-refractivity contribution in [3.63, 3.8) is 0 Å². The van der Waals surface area contributed by atoms with Crippen LogP contribution in [0.15, 0.2) is 94.7 Å². The average molecular weight is 440 g/mol. The van der Waals surface area contributed by atoms with E-state index in [1.54, 1.807) is 54.4 Å². The van der Waals surface area contributed by atoms with Crippen molar-refractivity contribution in [3.05, 3.63) is 90.5 Å². The Balaban J connectivity index is 1.76. The van der Waals surface area contributed by atoms with Gasteiger partial charge in [0.15, 0.2) is 0 Å². The van der Waals surface area contributed by atoms with Gasteiger partial charge < -0.3 is 9.84 Å². The zero-order valence-electron chi connectivity index (χ0n) is 17.2. The summed E-state index contributed by atoms with van der Waals surface area (Å²) in [7, 11) is -1.84. The molecule has 3 aromatic rings. The molecule has 0 heterocycles. The van der Waals surface area contributed by atoms with Gasteiger partial charge in [-0.25, -0.2) is 8.42 Å². The molecular weight excluding hydrogens is 414 g/mol. The summed E-state index contributed by atoms with van der Waals surface area (Å²) in [5, 5.41) is 8.95. The van der Waals surface area contributed by atoms with Gasteiger partial charge in [0, 0.05) is 13.0 Å². The second-order valence-electron chi connectivity index (χ2n) is 7.23. The van der Waals surface area contributed by atoms with Crippen molar-refractivity contribution < 1.29 is 23.1 Å². The van der Waals surface area contributed by atoms with Crippen LogP contribution in [0.1, 0.15) is 18.1 Å². The Morgan fingerprint density at radius 3 is 2.03 bits per heavy atom. The fraction of sp³-hybridized carbons (Fsp3) is 0.208. The largest absolute Gasteiger partial charge is 0.486 e. The number of carbonyl (C=O) groups is 1. The van der Waals surface area contributed by atoms with Crippen LogP contribution in [0.4, 0.5) is 0 Å². The van der Waals surface area contributed by atoms with Crippen molar-refractivity contribution in [2.45, 2.75) is 22.3 Å². The SMILES string of the molecule is CN(CCC(Oc1ccc(S(=O)(=O)c2ccccc2)cc1)c1ccccc1)CC(=O)O. The second-order valence-corrected chi connectivity index (χ2v) is 9.17. The second kappa shape index (κ2) is 10.2. The Morgan fingerprint density at radius 2 is 1.45 bits per heavy atom. The molecule has 1 unspecified atom stereocenters. The highest BCUT2D eigenvalue weighted by molar-refractivity contribution is 7.91. The third kappa shape index (κ3) is 6.16. The fourth-order valence-electron chi connectivity index (χ4n) is 3.21. The maximum absolute atomic E-state index is 12.8. The average Bonchev–Trinajstić information content (AvgIpc) is 2.77. The van der Waals surface area contributed by atoms with Crippen molar-refractivity contribution in [1.82, 2.24) is 4.90 Å². The van der Waals surface area contributed by atoms with E-state index in [1.165, 1.54) is 12.1 Å². The number of carboxylic acid groups (broad SMARTS) is 1. The Labute approximate surface area is 182 Å². The van der Waals surface area contributed by atoms with Gasteiger partial charge in [-0.2, -0.15) is 0 Å². The maximum Gasteiger partial charge on any atom is 0.317 e. The smallest absolute Gasteiger partial charge is 0.317 e. The third-order valence-corrected chi connectivity index (χ3v) is 6.60. The number of likely N-dealkylation sites (N-methyl/N-ethyl adjacent to an activating group) is 1. The summed E-state index contributed by atoms with van der Waals surface area (Å²) in [6.45, 7) is 0.486. The number of carboxylic acids is 1. The molecule has 6 nitrogen and oxygen atoms in total. The lowest BCUT2D eigenvalue weighted by Crippen LogP contribution is -2.28. The fourth-order valence-corrected chi connectivity index (χ4v) is 4.49. The van der Waals surface area contributed by atoms with Crippen LogP contribution < -0.4 is 4.74 Å². The minimum atomic E-state index is -3.59. The molecule has 31 heavy (non-hydrogen) atoms. The molecule has 0 spiro atoms. The number of rotatable bonds is 10. The first-order valence-electron chi connectivity index (χ1n) is 9.88. The molecule has 162 valence electrons. The lowest BCUT2D eigenvalue weighted by atomic mass is 10.1. The zero-order valence-corrected chi connectivity index (χ0v) is 18.0. The molecule has 0 aliphatic rings. The van der Waals surface area contributed by atoms with Gasteiger partial charge in [-0.1, -0.05) is 48.5 Å². The molecule has 0 aliphatic heterocycles. The lowest BCUT2D eigenvalue weighted by Gasteiger charge is -2.22. The molecule has 0 bridgehead atoms. The van der Waals surface area contributed by atoms with Crippen molar-refractivity contribution >= 4 is 15.8 Å². The standard InChI is InChI=1S/C24H25NO5S/c1-25(18-24(26)27)17-16-23(19-8-4-2-5-9-19)30-20-12-14-22(15-13-20)31(28,29)21-10-6-3-7-11-21/h2-15,23H,16-18H2,1H3,(H,26,27). The van der Waals surface area contributed by atoms with Gasteiger partial charge in [-0.3, -0.25) is 9.69 Å². The Kier molecular flexibility index (Phi) is 7.44. The van der Waals surface area contributed by atoms with Crippen LogP contribution in [0.3, 0.4) is 0 Å². The summed E-state index contributed by atoms with van der Waals surface area (Å²) in [5.74, 6) is -0.336. The summed E-state index contributed by atoms with van der Waals surface area (Å²) < 4.78 is 31.7. The van der Waals surface area contributed by atoms with Gasteiger partial charge in [0.25, 0.3) is 0 Å². The maximum atomic E-state index is 12.8. The number of sulfone groups is 1. The first-order valence-corrected chi connectivity index (χ1v) is 11.4. The van der Waals surface area contributed by atoms with E-state index >= 15 is 0 Å². The molecular formula is C24H25NO5S. The molecule has 0 aliphatic carbocycles. The highest BCUT2D eigenvalue weighted by Gasteiger charge is 2.19. The van der Waals surface area contributed by atoms with E-state index in [4.69, 9.17) is 9.84 Å². The molecule has 0 saturated heterocycles. The number of ether oxygens (including phenoxy) is 1. The number of hydrogen-bond donors (Lipinski definition) is 1. The predicted molar refractivity (Wildman–Crippen MR) is 118 cm³/mol. The van der Waals surface area contributed by atoms with E-state index in [1.807, 2.05) is 30.3 Å². The van der Waals surface area contributed by atoms with Crippen LogP contribution in [-0.2, 0) is 14.6 Å². The molecule has 0 saturated carbocycles. The van der Waals surface area contributed by atoms with E-state index in [9.17, 15) is 13.2 Å². The molecule has 1 atom stereocenters. The zero-order chi connectivity index (χ0) is 22.3. The van der Waals surface area contributed by atoms with E-state index in [2.05, 4.69) is 0 Å². The molecule has 1 N–H and O–H groups in total. The Bertz CT molecular complexity index is 1080. The molecule has 0 aromatic heterocycles. The van der Waals surface area contributed by atoms with Crippen LogP contribution in [0.25, 0.3) is 0 Å². The Hall–Kier alpha value is -3.16. The molecule has 7 heteroatoms. The van der Waals surface area contributed by atoms with Gasteiger partial charge in [-0.05, 0) is 49.0 Å². The van der Waals surface area contributed by atoms with Gasteiger partial charge in [0.05, 0.1) is 16.3 Å². The molecule has 0 amide bonds. The monoisotopic (exact) mass is 439 g/mol. The molecule has 0 fully saturated rings. The van der Waals surface area contributed by atoms with Gasteiger partial charge in [0.2, 0.25) is 9.84 Å². The lowest BCUT2D eigenvalue weighted by molar-refractivity contribution is -0.138. The highest BCUT2D eigenvalue weighted by atomic mass is 32.2. The first-order chi connectivity index (χ1) is 14.9. The number of hydrogen-bond acceptors (Lipinski definition) is 5. The molecule has 3 rings (SSSR count). The van der Waals surface area contributed by atoms with Crippen LogP contribution in [0, 0.1) is 0 Å². The minimum Gasteiger partial charge on any atom is -0.486 e. The topological polar surface area (TPSA) is 83.9 Å². The van der Waals surface area contributed by atoms with E-state index in [0.29, 0.717) is 18.7 Å². The Morgan fingerprint density at radius 1 is 0.903 bits per heavy atom.